The summed E-state index contributed by atoms with van der Waals surface area (Å²) >= 11 is 0. The van der Waals surface area contributed by atoms with Crippen LogP contribution in [0.4, 0.5) is 4.39 Å². The average molecular weight is 293 g/mol. The van der Waals surface area contributed by atoms with Crippen molar-refractivity contribution in [3.05, 3.63) is 35.3 Å². The molecule has 114 valence electrons. The molecule has 0 saturated heterocycles. The minimum Gasteiger partial charge on any atom is -0.473 e. The predicted molar refractivity (Wildman–Crippen MR) is 77.9 cm³/mol. The number of aldehydes is 1. The lowest BCUT2D eigenvalue weighted by molar-refractivity contribution is 0.112. The molecule has 2 rings (SSSR count). The second-order valence-corrected chi connectivity index (χ2v) is 5.21. The third kappa shape index (κ3) is 4.34. The second-order valence-electron chi connectivity index (χ2n) is 5.21. The van der Waals surface area contributed by atoms with E-state index in [1.165, 1.54) is 12.8 Å². The molecule has 0 amide bonds. The SMILES string of the molecule is CN(Cc1nc(OC/C(=C/F)CN)ccc1C=O)C1CC1. The predicted octanol–water partition coefficient (Wildman–Crippen LogP) is 1.68. The zero-order valence-corrected chi connectivity index (χ0v) is 12.1. The Labute approximate surface area is 123 Å². The topological polar surface area (TPSA) is 68.5 Å². The first-order chi connectivity index (χ1) is 10.2. The molecule has 1 heterocycles. The lowest BCUT2D eigenvalue weighted by atomic mass is 10.2. The molecule has 0 spiro atoms. The summed E-state index contributed by atoms with van der Waals surface area (Å²) < 4.78 is 17.8. The molecule has 1 saturated carbocycles. The monoisotopic (exact) mass is 293 g/mol. The molecule has 2 N–H and O–H groups in total. The highest BCUT2D eigenvalue weighted by Crippen LogP contribution is 2.27. The van der Waals surface area contributed by atoms with Crippen molar-refractivity contribution < 1.29 is 13.9 Å². The Bertz CT molecular complexity index is 530. The molecular formula is C15H20FN3O2. The summed E-state index contributed by atoms with van der Waals surface area (Å²) in [4.78, 5) is 17.6. The second kappa shape index (κ2) is 7.28. The van der Waals surface area contributed by atoms with Crippen LogP contribution < -0.4 is 10.5 Å². The fraction of sp³-hybridized carbons (Fsp3) is 0.467. The number of rotatable bonds is 8. The zero-order valence-electron chi connectivity index (χ0n) is 12.1. The molecule has 1 fully saturated rings. The molecule has 1 aromatic rings. The molecule has 21 heavy (non-hydrogen) atoms. The molecule has 5 nitrogen and oxygen atoms in total. The third-order valence-electron chi connectivity index (χ3n) is 3.50. The minimum absolute atomic E-state index is 0.0539. The Hall–Kier alpha value is -1.79. The fourth-order valence-corrected chi connectivity index (χ4v) is 1.99. The van der Waals surface area contributed by atoms with E-state index in [0.29, 0.717) is 41.6 Å². The maximum atomic E-state index is 12.4. The van der Waals surface area contributed by atoms with E-state index in [9.17, 15) is 9.18 Å². The van der Waals surface area contributed by atoms with Gasteiger partial charge in [0, 0.05) is 36.3 Å². The van der Waals surface area contributed by atoms with Gasteiger partial charge in [-0.3, -0.25) is 9.69 Å². The maximum absolute atomic E-state index is 12.4. The van der Waals surface area contributed by atoms with Crippen molar-refractivity contribution in [2.75, 3.05) is 20.2 Å². The number of aromatic nitrogens is 1. The van der Waals surface area contributed by atoms with Gasteiger partial charge in [-0.1, -0.05) is 0 Å². The lowest BCUT2D eigenvalue weighted by Gasteiger charge is -2.16. The lowest BCUT2D eigenvalue weighted by Crippen LogP contribution is -2.22. The number of carbonyl (C=O) groups is 1. The molecule has 0 aliphatic heterocycles. The van der Waals surface area contributed by atoms with Gasteiger partial charge >= 0.3 is 0 Å². The average Bonchev–Trinajstić information content (AvgIpc) is 3.33. The molecule has 0 aromatic carbocycles. The normalized spacial score (nSPS) is 15.3. The van der Waals surface area contributed by atoms with Crippen LogP contribution in [0.5, 0.6) is 5.88 Å². The van der Waals surface area contributed by atoms with Gasteiger partial charge in [0.2, 0.25) is 5.88 Å². The quantitative estimate of drug-likeness (QED) is 0.739. The van der Waals surface area contributed by atoms with E-state index >= 15 is 0 Å². The van der Waals surface area contributed by atoms with Crippen LogP contribution in [-0.4, -0.2) is 42.4 Å². The van der Waals surface area contributed by atoms with Gasteiger partial charge in [-0.15, -0.1) is 0 Å². The zero-order chi connectivity index (χ0) is 15.2. The number of pyridine rings is 1. The van der Waals surface area contributed by atoms with Gasteiger partial charge in [0.25, 0.3) is 0 Å². The summed E-state index contributed by atoms with van der Waals surface area (Å²) in [6.07, 6.45) is 3.61. The van der Waals surface area contributed by atoms with E-state index in [-0.39, 0.29) is 13.2 Å². The van der Waals surface area contributed by atoms with Gasteiger partial charge in [0.1, 0.15) is 6.61 Å². The van der Waals surface area contributed by atoms with E-state index in [4.69, 9.17) is 10.5 Å². The molecular weight excluding hydrogens is 273 g/mol. The van der Waals surface area contributed by atoms with Crippen LogP contribution in [-0.2, 0) is 6.54 Å². The number of nitrogens with two attached hydrogens (primary N) is 1. The van der Waals surface area contributed by atoms with E-state index in [1.807, 2.05) is 7.05 Å². The van der Waals surface area contributed by atoms with Gasteiger partial charge in [-0.2, -0.15) is 0 Å². The first kappa shape index (κ1) is 15.6. The summed E-state index contributed by atoms with van der Waals surface area (Å²) in [5, 5.41) is 0. The highest BCUT2D eigenvalue weighted by atomic mass is 19.1. The van der Waals surface area contributed by atoms with Crippen molar-refractivity contribution in [3.8, 4) is 5.88 Å². The molecule has 1 aliphatic carbocycles. The van der Waals surface area contributed by atoms with Crippen LogP contribution in [0.25, 0.3) is 0 Å². The van der Waals surface area contributed by atoms with Crippen LogP contribution >= 0.6 is 0 Å². The van der Waals surface area contributed by atoms with Crippen molar-refractivity contribution in [1.82, 2.24) is 9.88 Å². The van der Waals surface area contributed by atoms with Crippen LogP contribution in [0.3, 0.4) is 0 Å². The first-order valence-electron chi connectivity index (χ1n) is 6.94. The van der Waals surface area contributed by atoms with E-state index < -0.39 is 0 Å². The number of hydrogen-bond acceptors (Lipinski definition) is 5. The van der Waals surface area contributed by atoms with Gasteiger partial charge in [-0.05, 0) is 26.0 Å². The molecule has 0 atom stereocenters. The smallest absolute Gasteiger partial charge is 0.213 e. The van der Waals surface area contributed by atoms with E-state index in [2.05, 4.69) is 9.88 Å². The Morgan fingerprint density at radius 3 is 2.90 bits per heavy atom. The van der Waals surface area contributed by atoms with Gasteiger partial charge in [-0.25, -0.2) is 9.37 Å². The van der Waals surface area contributed by atoms with Crippen molar-refractivity contribution >= 4 is 6.29 Å². The summed E-state index contributed by atoms with van der Waals surface area (Å²) in [6.45, 7) is 0.747. The highest BCUT2D eigenvalue weighted by molar-refractivity contribution is 5.76. The Morgan fingerprint density at radius 1 is 1.57 bits per heavy atom. The van der Waals surface area contributed by atoms with Crippen molar-refractivity contribution in [3.63, 3.8) is 0 Å². The van der Waals surface area contributed by atoms with Gasteiger partial charge in [0.05, 0.1) is 12.0 Å². The molecule has 0 radical (unpaired) electrons. The maximum Gasteiger partial charge on any atom is 0.213 e. The number of nitrogens with zero attached hydrogens (tertiary/aromatic N) is 2. The number of carbonyl (C=O) groups excluding carboxylic acids is 1. The molecule has 0 unspecified atom stereocenters. The van der Waals surface area contributed by atoms with Crippen molar-refractivity contribution in [2.45, 2.75) is 25.4 Å². The van der Waals surface area contributed by atoms with E-state index in [0.717, 1.165) is 6.29 Å². The fourth-order valence-electron chi connectivity index (χ4n) is 1.99. The number of halogens is 1. The molecule has 1 aliphatic rings. The molecule has 6 heteroatoms. The summed E-state index contributed by atoms with van der Waals surface area (Å²) in [6, 6.07) is 3.86. The standard InChI is InChI=1S/C15H20FN3O2/c1-19(13-3-4-13)8-14-12(9-20)2-5-15(18-14)21-10-11(6-16)7-17/h2,5-6,9,13H,3-4,7-8,10,17H2,1H3/b11-6+. The molecule has 0 bridgehead atoms. The Morgan fingerprint density at radius 2 is 2.33 bits per heavy atom. The summed E-state index contributed by atoms with van der Waals surface area (Å²) in [7, 11) is 2.01. The number of hydrogen-bond donors (Lipinski definition) is 1. The van der Waals surface area contributed by atoms with E-state index in [1.54, 1.807) is 12.1 Å². The first-order valence-corrected chi connectivity index (χ1v) is 6.94. The van der Waals surface area contributed by atoms with Crippen LogP contribution in [0.15, 0.2) is 24.0 Å². The number of ether oxygens (including phenoxy) is 1. The van der Waals surface area contributed by atoms with Crippen LogP contribution in [0, 0.1) is 0 Å². The largest absolute Gasteiger partial charge is 0.473 e. The summed E-state index contributed by atoms with van der Waals surface area (Å²) in [5.41, 5.74) is 6.95. The third-order valence-corrected chi connectivity index (χ3v) is 3.50. The minimum atomic E-state index is 0.0539. The Kier molecular flexibility index (Phi) is 5.41. The van der Waals surface area contributed by atoms with Gasteiger partial charge in [0.15, 0.2) is 6.29 Å². The summed E-state index contributed by atoms with van der Waals surface area (Å²) in [5.74, 6) is 0.368. The van der Waals surface area contributed by atoms with Gasteiger partial charge < -0.3 is 10.5 Å². The van der Waals surface area contributed by atoms with Crippen molar-refractivity contribution in [1.29, 1.82) is 0 Å². The Balaban J connectivity index is 2.07. The van der Waals surface area contributed by atoms with Crippen LogP contribution in [0.2, 0.25) is 0 Å². The highest BCUT2D eigenvalue weighted by Gasteiger charge is 2.26. The van der Waals surface area contributed by atoms with Crippen LogP contribution in [0.1, 0.15) is 28.9 Å². The van der Waals surface area contributed by atoms with Crippen molar-refractivity contribution in [2.24, 2.45) is 5.73 Å². The molecule has 1 aromatic heterocycles.